The zero-order chi connectivity index (χ0) is 13.1. The molecule has 0 radical (unpaired) electrons. The van der Waals surface area contributed by atoms with Crippen LogP contribution in [0.25, 0.3) is 0 Å². The molecule has 0 saturated carbocycles. The van der Waals surface area contributed by atoms with E-state index in [0.29, 0.717) is 11.3 Å². The molecule has 0 spiro atoms. The van der Waals surface area contributed by atoms with Crippen LogP contribution in [-0.4, -0.2) is 24.0 Å². The van der Waals surface area contributed by atoms with Crippen molar-refractivity contribution in [1.82, 2.24) is 5.32 Å². The van der Waals surface area contributed by atoms with E-state index in [9.17, 15) is 4.79 Å². The lowest BCUT2D eigenvalue weighted by Gasteiger charge is -2.13. The predicted octanol–water partition coefficient (Wildman–Crippen LogP) is 0.938. The summed E-state index contributed by atoms with van der Waals surface area (Å²) in [7, 11) is 0. The molecule has 5 heteroatoms. The molecule has 4 nitrogen and oxygen atoms in total. The van der Waals surface area contributed by atoms with Gasteiger partial charge in [-0.3, -0.25) is 4.79 Å². The van der Waals surface area contributed by atoms with Gasteiger partial charge in [-0.25, -0.2) is 0 Å². The zero-order valence-corrected chi connectivity index (χ0v) is 11.2. The number of amides is 1. The quantitative estimate of drug-likeness (QED) is 0.757. The van der Waals surface area contributed by atoms with E-state index in [-0.39, 0.29) is 0 Å². The van der Waals surface area contributed by atoms with Crippen molar-refractivity contribution in [2.45, 2.75) is 23.8 Å². The van der Waals surface area contributed by atoms with Gasteiger partial charge in [0.2, 0.25) is 5.91 Å². The predicted molar refractivity (Wildman–Crippen MR) is 75.2 cm³/mol. The highest BCUT2D eigenvalue weighted by Gasteiger charge is 2.24. The molecular weight excluding hydrogens is 246 g/mol. The molecule has 1 heterocycles. The minimum absolute atomic E-state index is 0.404. The van der Waals surface area contributed by atoms with Crippen molar-refractivity contribution in [2.75, 3.05) is 12.8 Å². The van der Waals surface area contributed by atoms with E-state index in [0.717, 1.165) is 18.5 Å². The Bertz CT molecular complexity index is 421. The van der Waals surface area contributed by atoms with E-state index in [1.807, 2.05) is 36.0 Å². The van der Waals surface area contributed by atoms with Gasteiger partial charge in [0.1, 0.15) is 6.04 Å². The van der Waals surface area contributed by atoms with Crippen LogP contribution >= 0.6 is 11.8 Å². The number of carbonyl (C=O) groups excluding carboxylic acids is 1. The number of primary amides is 1. The highest BCUT2D eigenvalue weighted by molar-refractivity contribution is 7.99. The Morgan fingerprint density at radius 2 is 2.11 bits per heavy atom. The van der Waals surface area contributed by atoms with Gasteiger partial charge in [-0.15, -0.1) is 0 Å². The Labute approximate surface area is 111 Å². The first-order chi connectivity index (χ1) is 8.61. The maximum absolute atomic E-state index is 11.0. The molecule has 1 aromatic carbocycles. The summed E-state index contributed by atoms with van der Waals surface area (Å²) in [6.07, 6.45) is 3.28. The fourth-order valence-electron chi connectivity index (χ4n) is 2.24. The van der Waals surface area contributed by atoms with Crippen LogP contribution in [-0.2, 0) is 4.79 Å². The molecule has 0 bridgehead atoms. The third-order valence-electron chi connectivity index (χ3n) is 3.43. The molecule has 1 fully saturated rings. The Kier molecular flexibility index (Phi) is 4.27. The van der Waals surface area contributed by atoms with Gasteiger partial charge in [-0.05, 0) is 23.8 Å². The number of hydrogen-bond acceptors (Lipinski definition) is 4. The summed E-state index contributed by atoms with van der Waals surface area (Å²) in [6, 6.07) is 7.52. The number of nitrogens with two attached hydrogens (primary N) is 2. The van der Waals surface area contributed by atoms with Crippen LogP contribution in [0.5, 0.6) is 0 Å². The first-order valence-corrected chi connectivity index (χ1v) is 7.31. The van der Waals surface area contributed by atoms with Gasteiger partial charge in [-0.1, -0.05) is 24.3 Å². The average molecular weight is 265 g/mol. The molecule has 1 aliphatic heterocycles. The lowest BCUT2D eigenvalue weighted by molar-refractivity contribution is -0.119. The Hall–Kier alpha value is -1.04. The Balaban J connectivity index is 2.06. The van der Waals surface area contributed by atoms with Crippen LogP contribution in [0.2, 0.25) is 0 Å². The maximum Gasteiger partial charge on any atom is 0.238 e. The molecule has 0 aliphatic carbocycles. The highest BCUT2D eigenvalue weighted by Crippen LogP contribution is 2.29. The second-order valence-electron chi connectivity index (χ2n) is 4.60. The summed E-state index contributed by atoms with van der Waals surface area (Å²) >= 11 is 1.90. The molecule has 3 unspecified atom stereocenters. The van der Waals surface area contributed by atoms with Crippen molar-refractivity contribution in [3.05, 3.63) is 35.4 Å². The van der Waals surface area contributed by atoms with E-state index in [2.05, 4.69) is 11.6 Å². The van der Waals surface area contributed by atoms with Gasteiger partial charge in [-0.2, -0.15) is 11.8 Å². The zero-order valence-electron chi connectivity index (χ0n) is 10.4. The van der Waals surface area contributed by atoms with Crippen molar-refractivity contribution >= 4 is 17.7 Å². The van der Waals surface area contributed by atoms with Gasteiger partial charge in [0.05, 0.1) is 0 Å². The third-order valence-corrected chi connectivity index (χ3v) is 4.45. The molecule has 98 valence electrons. The Morgan fingerprint density at radius 1 is 1.44 bits per heavy atom. The number of hydrogen-bond donors (Lipinski definition) is 3. The van der Waals surface area contributed by atoms with Gasteiger partial charge >= 0.3 is 0 Å². The van der Waals surface area contributed by atoms with Crippen LogP contribution in [0, 0.1) is 0 Å². The maximum atomic E-state index is 11.0. The number of benzene rings is 1. The fraction of sp³-hybridized carbons (Fsp3) is 0.462. The SMILES string of the molecule is CSC1CNC(c2ccc(C(N)C(N)=O)cc2)C1. The monoisotopic (exact) mass is 265 g/mol. The van der Waals surface area contributed by atoms with Gasteiger partial charge in [0, 0.05) is 17.8 Å². The number of nitrogens with one attached hydrogen (secondary N) is 1. The summed E-state index contributed by atoms with van der Waals surface area (Å²) in [6.45, 7) is 1.05. The van der Waals surface area contributed by atoms with E-state index < -0.39 is 11.9 Å². The van der Waals surface area contributed by atoms with E-state index in [1.165, 1.54) is 5.56 Å². The smallest absolute Gasteiger partial charge is 0.238 e. The van der Waals surface area contributed by atoms with Gasteiger partial charge in [0.15, 0.2) is 0 Å². The second kappa shape index (κ2) is 5.73. The van der Waals surface area contributed by atoms with Gasteiger partial charge < -0.3 is 16.8 Å². The van der Waals surface area contributed by atoms with E-state index >= 15 is 0 Å². The standard InChI is InChI=1S/C13H19N3OS/c1-18-10-6-11(16-7-10)8-2-4-9(5-3-8)12(14)13(15)17/h2-5,10-12,16H,6-7,14H2,1H3,(H2,15,17). The topological polar surface area (TPSA) is 81.1 Å². The Morgan fingerprint density at radius 3 is 2.61 bits per heavy atom. The molecular formula is C13H19N3OS. The third kappa shape index (κ3) is 2.85. The fourth-order valence-corrected chi connectivity index (χ4v) is 2.88. The van der Waals surface area contributed by atoms with Crippen LogP contribution < -0.4 is 16.8 Å². The average Bonchev–Trinajstić information content (AvgIpc) is 2.86. The molecule has 1 amide bonds. The summed E-state index contributed by atoms with van der Waals surface area (Å²) in [5.41, 5.74) is 12.9. The molecule has 0 aromatic heterocycles. The summed E-state index contributed by atoms with van der Waals surface area (Å²) in [4.78, 5) is 11.0. The first-order valence-electron chi connectivity index (χ1n) is 6.02. The molecule has 1 saturated heterocycles. The minimum atomic E-state index is -0.713. The second-order valence-corrected chi connectivity index (χ2v) is 5.74. The first kappa shape index (κ1) is 13.4. The minimum Gasteiger partial charge on any atom is -0.368 e. The summed E-state index contributed by atoms with van der Waals surface area (Å²) < 4.78 is 0. The van der Waals surface area contributed by atoms with Crippen molar-refractivity contribution in [3.63, 3.8) is 0 Å². The number of rotatable bonds is 4. The lowest BCUT2D eigenvalue weighted by Crippen LogP contribution is -2.28. The van der Waals surface area contributed by atoms with Crippen LogP contribution in [0.15, 0.2) is 24.3 Å². The highest BCUT2D eigenvalue weighted by atomic mass is 32.2. The molecule has 3 atom stereocenters. The van der Waals surface area contributed by atoms with Crippen molar-refractivity contribution in [2.24, 2.45) is 11.5 Å². The summed E-state index contributed by atoms with van der Waals surface area (Å²) in [5, 5.41) is 4.18. The number of thioether (sulfide) groups is 1. The molecule has 1 aromatic rings. The summed E-state index contributed by atoms with van der Waals surface area (Å²) in [5.74, 6) is -0.496. The van der Waals surface area contributed by atoms with Crippen LogP contribution in [0.1, 0.15) is 29.6 Å². The van der Waals surface area contributed by atoms with Crippen molar-refractivity contribution in [1.29, 1.82) is 0 Å². The lowest BCUT2D eigenvalue weighted by atomic mass is 10.0. The largest absolute Gasteiger partial charge is 0.368 e. The molecule has 1 aliphatic rings. The van der Waals surface area contributed by atoms with Crippen molar-refractivity contribution < 1.29 is 4.79 Å². The molecule has 18 heavy (non-hydrogen) atoms. The van der Waals surface area contributed by atoms with Gasteiger partial charge in [0.25, 0.3) is 0 Å². The normalized spacial score (nSPS) is 25.0. The van der Waals surface area contributed by atoms with Crippen LogP contribution in [0.4, 0.5) is 0 Å². The number of carbonyl (C=O) groups is 1. The van der Waals surface area contributed by atoms with Crippen LogP contribution in [0.3, 0.4) is 0 Å². The van der Waals surface area contributed by atoms with E-state index in [1.54, 1.807) is 0 Å². The molecule has 5 N–H and O–H groups in total. The van der Waals surface area contributed by atoms with E-state index in [4.69, 9.17) is 11.5 Å². The van der Waals surface area contributed by atoms with Crippen molar-refractivity contribution in [3.8, 4) is 0 Å². The molecule has 2 rings (SSSR count).